The largest absolute Gasteiger partial charge is 0.396 e. The summed E-state index contributed by atoms with van der Waals surface area (Å²) in [7, 11) is -3.66. The lowest BCUT2D eigenvalue weighted by Crippen LogP contribution is -2.25. The molecule has 1 aromatic carbocycles. The third-order valence-corrected chi connectivity index (χ3v) is 5.27. The van der Waals surface area contributed by atoms with Gasteiger partial charge >= 0.3 is 0 Å². The summed E-state index contributed by atoms with van der Waals surface area (Å²) >= 11 is 4.66. The third kappa shape index (κ3) is 4.11. The van der Waals surface area contributed by atoms with Gasteiger partial charge in [-0.15, -0.1) is 0 Å². The lowest BCUT2D eigenvalue weighted by atomic mass is 10.3. The van der Waals surface area contributed by atoms with E-state index in [2.05, 4.69) is 20.7 Å². The predicted molar refractivity (Wildman–Crippen MR) is 76.7 cm³/mol. The molecule has 0 fully saturated rings. The fourth-order valence-corrected chi connectivity index (χ4v) is 3.81. The minimum Gasteiger partial charge on any atom is -0.396 e. The molecule has 3 N–H and O–H groups in total. The number of halogens is 2. The van der Waals surface area contributed by atoms with E-state index in [1.54, 1.807) is 11.8 Å². The first kappa shape index (κ1) is 15.7. The van der Waals surface area contributed by atoms with E-state index in [-0.39, 0.29) is 15.1 Å². The highest BCUT2D eigenvalue weighted by Gasteiger charge is 2.19. The van der Waals surface area contributed by atoms with Crippen LogP contribution in [-0.4, -0.2) is 27.0 Å². The second-order valence-electron chi connectivity index (χ2n) is 3.55. The first-order valence-corrected chi connectivity index (χ1v) is 8.78. The monoisotopic (exact) mass is 356 g/mol. The molecule has 0 spiro atoms. The van der Waals surface area contributed by atoms with Crippen LogP contribution in [0.15, 0.2) is 21.5 Å². The van der Waals surface area contributed by atoms with Crippen LogP contribution < -0.4 is 10.5 Å². The van der Waals surface area contributed by atoms with Crippen LogP contribution in [0.2, 0.25) is 0 Å². The van der Waals surface area contributed by atoms with Gasteiger partial charge in [-0.2, -0.15) is 11.8 Å². The van der Waals surface area contributed by atoms with Crippen molar-refractivity contribution in [1.29, 1.82) is 0 Å². The summed E-state index contributed by atoms with van der Waals surface area (Å²) in [6, 6.07) is 2.15. The van der Waals surface area contributed by atoms with E-state index in [9.17, 15) is 12.8 Å². The Morgan fingerprint density at radius 3 is 2.78 bits per heavy atom. The number of hydrogen-bond acceptors (Lipinski definition) is 4. The molecule has 18 heavy (non-hydrogen) atoms. The minimum absolute atomic E-state index is 0.0504. The number of nitrogen functional groups attached to an aromatic ring is 1. The molecule has 0 aliphatic rings. The van der Waals surface area contributed by atoms with E-state index < -0.39 is 15.8 Å². The van der Waals surface area contributed by atoms with Gasteiger partial charge in [-0.1, -0.05) is 0 Å². The normalized spacial score (nSPS) is 11.7. The molecule has 102 valence electrons. The van der Waals surface area contributed by atoms with Gasteiger partial charge in [0.2, 0.25) is 10.0 Å². The van der Waals surface area contributed by atoms with Crippen LogP contribution in [0, 0.1) is 5.82 Å². The van der Waals surface area contributed by atoms with Gasteiger partial charge in [-0.05, 0) is 46.5 Å². The molecule has 1 rings (SSSR count). The quantitative estimate of drug-likeness (QED) is 0.605. The van der Waals surface area contributed by atoms with Gasteiger partial charge in [0, 0.05) is 11.0 Å². The summed E-state index contributed by atoms with van der Waals surface area (Å²) in [4.78, 5) is -0.0504. The predicted octanol–water partition coefficient (Wildman–Crippen LogP) is 2.20. The zero-order chi connectivity index (χ0) is 13.8. The number of nitrogens with two attached hydrogens (primary N) is 1. The number of sulfonamides is 1. The molecule has 0 radical (unpaired) electrons. The van der Waals surface area contributed by atoms with Crippen LogP contribution in [0.5, 0.6) is 0 Å². The molecule has 0 saturated heterocycles. The van der Waals surface area contributed by atoms with Gasteiger partial charge in [0.1, 0.15) is 5.82 Å². The number of hydrogen-bond donors (Lipinski definition) is 2. The Balaban J connectivity index is 2.88. The molecule has 4 nitrogen and oxygen atoms in total. The summed E-state index contributed by atoms with van der Waals surface area (Å²) in [5, 5.41) is 0. The zero-order valence-electron chi connectivity index (χ0n) is 9.74. The third-order valence-electron chi connectivity index (χ3n) is 2.16. The van der Waals surface area contributed by atoms with E-state index in [1.807, 2.05) is 6.26 Å². The van der Waals surface area contributed by atoms with Gasteiger partial charge in [-0.25, -0.2) is 17.5 Å². The fraction of sp³-hybridized carbons (Fsp3) is 0.400. The Bertz CT molecular complexity index is 523. The van der Waals surface area contributed by atoms with Crippen molar-refractivity contribution in [3.63, 3.8) is 0 Å². The average molecular weight is 357 g/mol. The second kappa shape index (κ2) is 6.74. The number of benzene rings is 1. The van der Waals surface area contributed by atoms with Crippen LogP contribution in [0.3, 0.4) is 0 Å². The molecule has 0 aliphatic carbocycles. The van der Waals surface area contributed by atoms with Crippen molar-refractivity contribution in [2.75, 3.05) is 24.3 Å². The van der Waals surface area contributed by atoms with E-state index >= 15 is 0 Å². The van der Waals surface area contributed by atoms with Crippen molar-refractivity contribution >= 4 is 43.4 Å². The molecule has 0 aliphatic heterocycles. The average Bonchev–Trinajstić information content (AvgIpc) is 2.29. The van der Waals surface area contributed by atoms with Crippen LogP contribution in [0.1, 0.15) is 6.42 Å². The van der Waals surface area contributed by atoms with Crippen molar-refractivity contribution in [1.82, 2.24) is 4.72 Å². The van der Waals surface area contributed by atoms with Crippen molar-refractivity contribution in [3.05, 3.63) is 22.4 Å². The topological polar surface area (TPSA) is 72.2 Å². The smallest absolute Gasteiger partial charge is 0.241 e. The Kier molecular flexibility index (Phi) is 5.90. The molecule has 0 saturated carbocycles. The Hall–Kier alpha value is -0.310. The Morgan fingerprint density at radius 2 is 2.17 bits per heavy atom. The molecule has 0 unspecified atom stereocenters. The molecule has 8 heteroatoms. The number of anilines is 1. The highest BCUT2D eigenvalue weighted by Crippen LogP contribution is 2.26. The first-order chi connectivity index (χ1) is 8.38. The number of nitrogens with one attached hydrogen (secondary N) is 1. The maximum atomic E-state index is 13.1. The van der Waals surface area contributed by atoms with E-state index in [0.29, 0.717) is 6.54 Å². The summed E-state index contributed by atoms with van der Waals surface area (Å²) in [5.74, 6) is 0.220. The van der Waals surface area contributed by atoms with Crippen LogP contribution >= 0.6 is 27.7 Å². The molecule has 0 atom stereocenters. The van der Waals surface area contributed by atoms with E-state index in [0.717, 1.165) is 24.3 Å². The first-order valence-electron chi connectivity index (χ1n) is 5.11. The van der Waals surface area contributed by atoms with Crippen LogP contribution in [-0.2, 0) is 10.0 Å². The summed E-state index contributed by atoms with van der Waals surface area (Å²) < 4.78 is 39.6. The number of thioether (sulfide) groups is 1. The fourth-order valence-electron chi connectivity index (χ4n) is 1.25. The summed E-state index contributed by atoms with van der Waals surface area (Å²) in [6.45, 7) is 0.340. The maximum Gasteiger partial charge on any atom is 0.241 e. The standard InChI is InChI=1S/C10H14BrFN2O2S2/c1-17-4-2-3-14-18(15,16)10-6-9(13)8(12)5-7(10)11/h5-6,14H,2-4,13H2,1H3. The van der Waals surface area contributed by atoms with Crippen molar-refractivity contribution in [3.8, 4) is 0 Å². The number of rotatable bonds is 6. The molecule has 0 bridgehead atoms. The minimum atomic E-state index is -3.66. The van der Waals surface area contributed by atoms with Crippen LogP contribution in [0.25, 0.3) is 0 Å². The van der Waals surface area contributed by atoms with Crippen molar-refractivity contribution < 1.29 is 12.8 Å². The van der Waals surface area contributed by atoms with Gasteiger partial charge in [0.25, 0.3) is 0 Å². The lowest BCUT2D eigenvalue weighted by Gasteiger charge is -2.09. The molecule has 1 aromatic rings. The molecule has 0 heterocycles. The Morgan fingerprint density at radius 1 is 1.50 bits per heavy atom. The highest BCUT2D eigenvalue weighted by molar-refractivity contribution is 9.10. The Labute approximate surface area is 119 Å². The second-order valence-corrected chi connectivity index (χ2v) is 7.12. The zero-order valence-corrected chi connectivity index (χ0v) is 13.0. The SMILES string of the molecule is CSCCCNS(=O)(=O)c1cc(N)c(F)cc1Br. The van der Waals surface area contributed by atoms with E-state index in [4.69, 9.17) is 5.73 Å². The van der Waals surface area contributed by atoms with Crippen LogP contribution in [0.4, 0.5) is 10.1 Å². The van der Waals surface area contributed by atoms with Gasteiger partial charge in [-0.3, -0.25) is 0 Å². The summed E-state index contributed by atoms with van der Waals surface area (Å²) in [6.07, 6.45) is 2.68. The maximum absolute atomic E-state index is 13.1. The van der Waals surface area contributed by atoms with Crippen molar-refractivity contribution in [2.45, 2.75) is 11.3 Å². The van der Waals surface area contributed by atoms with Gasteiger partial charge in [0.15, 0.2) is 0 Å². The van der Waals surface area contributed by atoms with Gasteiger partial charge in [0.05, 0.1) is 10.6 Å². The van der Waals surface area contributed by atoms with E-state index in [1.165, 1.54) is 0 Å². The lowest BCUT2D eigenvalue weighted by molar-refractivity contribution is 0.579. The molecule has 0 amide bonds. The van der Waals surface area contributed by atoms with Gasteiger partial charge < -0.3 is 5.73 Å². The van der Waals surface area contributed by atoms with Crippen molar-refractivity contribution in [2.24, 2.45) is 0 Å². The summed E-state index contributed by atoms with van der Waals surface area (Å²) in [5.41, 5.74) is 5.18. The highest BCUT2D eigenvalue weighted by atomic mass is 79.9. The molecular weight excluding hydrogens is 343 g/mol. The molecular formula is C10H14BrFN2O2S2. The molecule has 0 aromatic heterocycles.